The third-order valence-electron chi connectivity index (χ3n) is 3.08. The van der Waals surface area contributed by atoms with Crippen LogP contribution in [0, 0.1) is 0 Å². The summed E-state index contributed by atoms with van der Waals surface area (Å²) >= 11 is 0. The topological polar surface area (TPSA) is 85.3 Å². The Morgan fingerprint density at radius 3 is 2.43 bits per heavy atom. The fraction of sp³-hybridized carbons (Fsp3) is 0.333. The van der Waals surface area contributed by atoms with E-state index in [1.807, 2.05) is 25.1 Å². The molecule has 2 rings (SSSR count). The van der Waals surface area contributed by atoms with Crippen molar-refractivity contribution in [3.63, 3.8) is 0 Å². The van der Waals surface area contributed by atoms with Gasteiger partial charge in [0.2, 0.25) is 10.0 Å². The second-order valence-corrected chi connectivity index (χ2v) is 6.84. The van der Waals surface area contributed by atoms with Gasteiger partial charge in [0.05, 0.1) is 12.0 Å². The molecule has 1 atom stereocenters. The quantitative estimate of drug-likeness (QED) is 0.816. The number of nitrogens with one attached hydrogen (secondary N) is 1. The Balaban J connectivity index is 1.94. The van der Waals surface area contributed by atoms with E-state index in [1.54, 1.807) is 24.5 Å². The number of hydrogen-bond acceptors (Lipinski definition) is 4. The van der Waals surface area contributed by atoms with Crippen molar-refractivity contribution in [2.24, 2.45) is 5.73 Å². The van der Waals surface area contributed by atoms with Crippen molar-refractivity contribution in [2.75, 3.05) is 0 Å². The SMILES string of the molecule is CC(Cc1ccco1)NS(=O)(=O)Cc1ccc(CN)cc1. The van der Waals surface area contributed by atoms with Crippen molar-refractivity contribution in [1.29, 1.82) is 0 Å². The highest BCUT2D eigenvalue weighted by molar-refractivity contribution is 7.88. The van der Waals surface area contributed by atoms with Gasteiger partial charge in [-0.05, 0) is 30.2 Å². The monoisotopic (exact) mass is 308 g/mol. The molecule has 0 aliphatic rings. The molecule has 0 fully saturated rings. The molecule has 114 valence electrons. The number of hydrogen-bond donors (Lipinski definition) is 2. The predicted molar refractivity (Wildman–Crippen MR) is 82.0 cm³/mol. The summed E-state index contributed by atoms with van der Waals surface area (Å²) in [7, 11) is -3.38. The Bertz CT molecular complexity index is 649. The van der Waals surface area contributed by atoms with E-state index in [2.05, 4.69) is 4.72 Å². The Kier molecular flexibility index (Phi) is 5.17. The first kappa shape index (κ1) is 15.8. The maximum atomic E-state index is 12.1. The smallest absolute Gasteiger partial charge is 0.216 e. The summed E-state index contributed by atoms with van der Waals surface area (Å²) in [4.78, 5) is 0. The van der Waals surface area contributed by atoms with Gasteiger partial charge >= 0.3 is 0 Å². The van der Waals surface area contributed by atoms with Crippen LogP contribution in [0.2, 0.25) is 0 Å². The van der Waals surface area contributed by atoms with Gasteiger partial charge in [-0.2, -0.15) is 0 Å². The summed E-state index contributed by atoms with van der Waals surface area (Å²) in [5, 5.41) is 0. The second-order valence-electron chi connectivity index (χ2n) is 5.08. The van der Waals surface area contributed by atoms with Gasteiger partial charge in [-0.25, -0.2) is 13.1 Å². The average Bonchev–Trinajstić information content (AvgIpc) is 2.91. The molecular formula is C15H20N2O3S. The van der Waals surface area contributed by atoms with Crippen molar-refractivity contribution >= 4 is 10.0 Å². The zero-order valence-corrected chi connectivity index (χ0v) is 12.8. The number of benzene rings is 1. The van der Waals surface area contributed by atoms with Gasteiger partial charge in [-0.1, -0.05) is 24.3 Å². The van der Waals surface area contributed by atoms with E-state index >= 15 is 0 Å². The highest BCUT2D eigenvalue weighted by Crippen LogP contribution is 2.09. The fourth-order valence-corrected chi connectivity index (χ4v) is 3.52. The number of furan rings is 1. The molecule has 0 saturated heterocycles. The molecule has 0 aliphatic carbocycles. The van der Waals surface area contributed by atoms with Crippen LogP contribution in [-0.2, 0) is 28.7 Å². The molecule has 1 aromatic carbocycles. The van der Waals surface area contributed by atoms with Crippen LogP contribution in [-0.4, -0.2) is 14.5 Å². The molecule has 3 N–H and O–H groups in total. The lowest BCUT2D eigenvalue weighted by Crippen LogP contribution is -2.34. The van der Waals surface area contributed by atoms with Crippen LogP contribution in [0.1, 0.15) is 23.8 Å². The number of sulfonamides is 1. The molecule has 1 unspecified atom stereocenters. The van der Waals surface area contributed by atoms with Gasteiger partial charge in [0, 0.05) is 19.0 Å². The fourth-order valence-electron chi connectivity index (χ4n) is 2.11. The van der Waals surface area contributed by atoms with Crippen LogP contribution in [0.5, 0.6) is 0 Å². The summed E-state index contributed by atoms with van der Waals surface area (Å²) in [5.74, 6) is 0.720. The van der Waals surface area contributed by atoms with E-state index in [4.69, 9.17) is 10.2 Å². The Morgan fingerprint density at radius 1 is 1.19 bits per heavy atom. The summed E-state index contributed by atoms with van der Waals surface area (Å²) in [6.45, 7) is 2.27. The maximum Gasteiger partial charge on any atom is 0.216 e. The van der Waals surface area contributed by atoms with Crippen LogP contribution in [0.4, 0.5) is 0 Å². The summed E-state index contributed by atoms with van der Waals surface area (Å²) in [5.41, 5.74) is 7.24. The first-order valence-corrected chi connectivity index (χ1v) is 8.44. The van der Waals surface area contributed by atoms with Gasteiger partial charge in [0.15, 0.2) is 0 Å². The van der Waals surface area contributed by atoms with Gasteiger partial charge in [-0.15, -0.1) is 0 Å². The molecule has 1 heterocycles. The normalized spacial score (nSPS) is 13.2. The molecule has 1 aromatic heterocycles. The highest BCUT2D eigenvalue weighted by Gasteiger charge is 2.16. The highest BCUT2D eigenvalue weighted by atomic mass is 32.2. The minimum Gasteiger partial charge on any atom is -0.469 e. The minimum atomic E-state index is -3.38. The third-order valence-corrected chi connectivity index (χ3v) is 4.56. The average molecular weight is 308 g/mol. The molecule has 0 saturated carbocycles. The summed E-state index contributed by atoms with van der Waals surface area (Å²) < 4.78 is 32.1. The van der Waals surface area contributed by atoms with Gasteiger partial charge in [0.25, 0.3) is 0 Å². The van der Waals surface area contributed by atoms with E-state index in [1.165, 1.54) is 0 Å². The van der Waals surface area contributed by atoms with E-state index in [0.717, 1.165) is 16.9 Å². The van der Waals surface area contributed by atoms with Crippen LogP contribution in [0.3, 0.4) is 0 Å². The van der Waals surface area contributed by atoms with E-state index in [-0.39, 0.29) is 11.8 Å². The maximum absolute atomic E-state index is 12.1. The lowest BCUT2D eigenvalue weighted by Gasteiger charge is -2.13. The first-order valence-electron chi connectivity index (χ1n) is 6.79. The molecule has 0 aliphatic heterocycles. The van der Waals surface area contributed by atoms with Gasteiger partial charge in [-0.3, -0.25) is 0 Å². The number of nitrogens with two attached hydrogens (primary N) is 1. The molecule has 21 heavy (non-hydrogen) atoms. The van der Waals surface area contributed by atoms with Crippen LogP contribution < -0.4 is 10.5 Å². The molecule has 0 radical (unpaired) electrons. The van der Waals surface area contributed by atoms with Crippen molar-refractivity contribution in [2.45, 2.75) is 31.7 Å². The Morgan fingerprint density at radius 2 is 1.86 bits per heavy atom. The second kappa shape index (κ2) is 6.89. The minimum absolute atomic E-state index is 0.0413. The van der Waals surface area contributed by atoms with Crippen molar-refractivity contribution in [1.82, 2.24) is 4.72 Å². The standard InChI is InChI=1S/C15H20N2O3S/c1-12(9-15-3-2-8-20-15)17-21(18,19)11-14-6-4-13(10-16)5-7-14/h2-8,12,17H,9-11,16H2,1H3. The third kappa shape index (κ3) is 5.00. The van der Waals surface area contributed by atoms with E-state index in [0.29, 0.717) is 13.0 Å². The largest absolute Gasteiger partial charge is 0.469 e. The van der Waals surface area contributed by atoms with Crippen molar-refractivity contribution in [3.8, 4) is 0 Å². The van der Waals surface area contributed by atoms with Crippen molar-refractivity contribution in [3.05, 3.63) is 59.5 Å². The zero-order valence-electron chi connectivity index (χ0n) is 12.0. The van der Waals surface area contributed by atoms with E-state index < -0.39 is 10.0 Å². The molecular weight excluding hydrogens is 288 g/mol. The molecule has 0 bridgehead atoms. The number of rotatable bonds is 7. The first-order chi connectivity index (χ1) is 9.98. The molecule has 5 nitrogen and oxygen atoms in total. The molecule has 6 heteroatoms. The Labute approximate surface area is 125 Å². The molecule has 0 spiro atoms. The molecule has 0 amide bonds. The van der Waals surface area contributed by atoms with E-state index in [9.17, 15) is 8.42 Å². The lowest BCUT2D eigenvalue weighted by atomic mass is 10.1. The zero-order chi connectivity index (χ0) is 15.3. The van der Waals surface area contributed by atoms with Gasteiger partial charge in [0.1, 0.15) is 5.76 Å². The lowest BCUT2D eigenvalue weighted by molar-refractivity contribution is 0.479. The Hall–Kier alpha value is -1.63. The van der Waals surface area contributed by atoms with Crippen LogP contribution in [0.15, 0.2) is 47.1 Å². The predicted octanol–water partition coefficient (Wildman–Crippen LogP) is 1.79. The van der Waals surface area contributed by atoms with Gasteiger partial charge < -0.3 is 10.2 Å². The van der Waals surface area contributed by atoms with Crippen LogP contribution >= 0.6 is 0 Å². The summed E-state index contributed by atoms with van der Waals surface area (Å²) in [6.07, 6.45) is 2.11. The molecule has 2 aromatic rings. The van der Waals surface area contributed by atoms with Crippen molar-refractivity contribution < 1.29 is 12.8 Å². The van der Waals surface area contributed by atoms with Crippen LogP contribution in [0.25, 0.3) is 0 Å². The summed E-state index contributed by atoms with van der Waals surface area (Å²) in [6, 6.07) is 10.7.